The highest BCUT2D eigenvalue weighted by Gasteiger charge is 2.33. The third-order valence-electron chi connectivity index (χ3n) is 3.67. The standard InChI is InChI=1S/C14H20ClNO3S2/c1-3-21(18,19)14-9-20-7-6-16(14)13-5-4-11(10(2)17)8-12(13)15/h4-5,8,10,14,17H,3,6-7,9H2,1-2H3/t10-,14?/m1/s1. The van der Waals surface area contributed by atoms with E-state index in [0.29, 0.717) is 17.3 Å². The molecule has 2 atom stereocenters. The Labute approximate surface area is 135 Å². The van der Waals surface area contributed by atoms with Crippen LogP contribution >= 0.6 is 23.4 Å². The number of rotatable bonds is 4. The van der Waals surface area contributed by atoms with Gasteiger partial charge in [-0.1, -0.05) is 24.6 Å². The summed E-state index contributed by atoms with van der Waals surface area (Å²) >= 11 is 7.96. The van der Waals surface area contributed by atoms with E-state index < -0.39 is 21.3 Å². The molecule has 0 saturated carbocycles. The normalized spacial score (nSPS) is 21.3. The summed E-state index contributed by atoms with van der Waals surface area (Å²) in [6.07, 6.45) is -0.594. The quantitative estimate of drug-likeness (QED) is 0.905. The van der Waals surface area contributed by atoms with E-state index in [1.807, 2.05) is 4.90 Å². The minimum Gasteiger partial charge on any atom is -0.389 e. The van der Waals surface area contributed by atoms with E-state index in [9.17, 15) is 13.5 Å². The Bertz CT molecular complexity index is 604. The maximum atomic E-state index is 12.3. The lowest BCUT2D eigenvalue weighted by atomic mass is 10.1. The van der Waals surface area contributed by atoms with Crippen LogP contribution in [-0.4, -0.2) is 42.7 Å². The smallest absolute Gasteiger partial charge is 0.171 e. The lowest BCUT2D eigenvalue weighted by molar-refractivity contribution is 0.199. The van der Waals surface area contributed by atoms with Crippen molar-refractivity contribution in [1.82, 2.24) is 0 Å². The number of sulfone groups is 1. The van der Waals surface area contributed by atoms with E-state index in [-0.39, 0.29) is 5.75 Å². The van der Waals surface area contributed by atoms with Gasteiger partial charge >= 0.3 is 0 Å². The van der Waals surface area contributed by atoms with Crippen LogP contribution < -0.4 is 4.90 Å². The van der Waals surface area contributed by atoms with E-state index in [0.717, 1.165) is 17.0 Å². The summed E-state index contributed by atoms with van der Waals surface area (Å²) in [4.78, 5) is 1.88. The zero-order valence-corrected chi connectivity index (χ0v) is 14.5. The van der Waals surface area contributed by atoms with Gasteiger partial charge in [-0.05, 0) is 24.6 Å². The van der Waals surface area contributed by atoms with Gasteiger partial charge in [0, 0.05) is 23.8 Å². The first-order valence-corrected chi connectivity index (χ1v) is 10.1. The summed E-state index contributed by atoms with van der Waals surface area (Å²) in [6.45, 7) is 4.00. The zero-order chi connectivity index (χ0) is 15.6. The Hall–Kier alpha value is -0.430. The van der Waals surface area contributed by atoms with Crippen LogP contribution in [0, 0.1) is 0 Å². The predicted molar refractivity (Wildman–Crippen MR) is 90.0 cm³/mol. The second-order valence-corrected chi connectivity index (χ2v) is 9.07. The molecule has 1 unspecified atom stereocenters. The van der Waals surface area contributed by atoms with Crippen LogP contribution in [-0.2, 0) is 9.84 Å². The van der Waals surface area contributed by atoms with Crippen molar-refractivity contribution in [3.8, 4) is 0 Å². The summed E-state index contributed by atoms with van der Waals surface area (Å²) in [6, 6.07) is 5.31. The summed E-state index contributed by atoms with van der Waals surface area (Å²) in [5, 5.41) is 9.55. The Morgan fingerprint density at radius 1 is 1.52 bits per heavy atom. The zero-order valence-electron chi connectivity index (χ0n) is 12.1. The molecule has 1 aliphatic rings. The van der Waals surface area contributed by atoms with Crippen molar-refractivity contribution in [1.29, 1.82) is 0 Å². The highest BCUT2D eigenvalue weighted by molar-refractivity contribution is 8.01. The molecule has 0 aliphatic carbocycles. The third kappa shape index (κ3) is 3.67. The molecule has 0 radical (unpaired) electrons. The average Bonchev–Trinajstić information content (AvgIpc) is 2.47. The first-order chi connectivity index (χ1) is 9.86. The number of aliphatic hydroxyl groups is 1. The van der Waals surface area contributed by atoms with E-state index in [2.05, 4.69) is 0 Å². The average molecular weight is 350 g/mol. The van der Waals surface area contributed by atoms with Crippen LogP contribution in [0.5, 0.6) is 0 Å². The van der Waals surface area contributed by atoms with Crippen LogP contribution in [0.1, 0.15) is 25.5 Å². The van der Waals surface area contributed by atoms with Gasteiger partial charge in [-0.15, -0.1) is 0 Å². The van der Waals surface area contributed by atoms with E-state index in [4.69, 9.17) is 11.6 Å². The van der Waals surface area contributed by atoms with Crippen LogP contribution in [0.15, 0.2) is 18.2 Å². The molecule has 1 fully saturated rings. The van der Waals surface area contributed by atoms with Crippen molar-refractivity contribution in [2.45, 2.75) is 25.3 Å². The largest absolute Gasteiger partial charge is 0.389 e. The van der Waals surface area contributed by atoms with Gasteiger partial charge in [0.25, 0.3) is 0 Å². The lowest BCUT2D eigenvalue weighted by Gasteiger charge is -2.37. The Morgan fingerprint density at radius 3 is 2.81 bits per heavy atom. The number of anilines is 1. The number of halogens is 1. The van der Waals surface area contributed by atoms with Gasteiger partial charge in [-0.3, -0.25) is 0 Å². The second-order valence-electron chi connectivity index (χ2n) is 5.06. The molecule has 1 saturated heterocycles. The van der Waals surface area contributed by atoms with Crippen molar-refractivity contribution in [3.05, 3.63) is 28.8 Å². The molecule has 0 bridgehead atoms. The molecule has 7 heteroatoms. The maximum absolute atomic E-state index is 12.3. The molecule has 21 heavy (non-hydrogen) atoms. The molecule has 2 rings (SSSR count). The SMILES string of the molecule is CCS(=O)(=O)C1CSCCN1c1ccc([C@@H](C)O)cc1Cl. The van der Waals surface area contributed by atoms with Crippen LogP contribution in [0.4, 0.5) is 5.69 Å². The summed E-state index contributed by atoms with van der Waals surface area (Å²) < 4.78 is 24.6. The second kappa shape index (κ2) is 6.77. The fraction of sp³-hybridized carbons (Fsp3) is 0.571. The van der Waals surface area contributed by atoms with Crippen molar-refractivity contribution in [2.24, 2.45) is 0 Å². The maximum Gasteiger partial charge on any atom is 0.171 e. The molecular weight excluding hydrogens is 330 g/mol. The lowest BCUT2D eigenvalue weighted by Crippen LogP contribution is -2.48. The fourth-order valence-electron chi connectivity index (χ4n) is 2.36. The molecule has 1 aromatic rings. The predicted octanol–water partition coefficient (Wildman–Crippen LogP) is 2.71. The number of nitrogens with zero attached hydrogens (tertiary/aromatic N) is 1. The molecule has 1 N–H and O–H groups in total. The number of benzene rings is 1. The summed E-state index contributed by atoms with van der Waals surface area (Å²) in [7, 11) is -3.16. The van der Waals surface area contributed by atoms with Crippen molar-refractivity contribution in [3.63, 3.8) is 0 Å². The van der Waals surface area contributed by atoms with Gasteiger partial charge < -0.3 is 10.0 Å². The van der Waals surface area contributed by atoms with E-state index in [1.165, 1.54) is 0 Å². The molecule has 1 aromatic carbocycles. The topological polar surface area (TPSA) is 57.6 Å². The summed E-state index contributed by atoms with van der Waals surface area (Å²) in [5.41, 5.74) is 1.45. The minimum absolute atomic E-state index is 0.123. The highest BCUT2D eigenvalue weighted by atomic mass is 35.5. The summed E-state index contributed by atoms with van der Waals surface area (Å²) in [5.74, 6) is 1.56. The van der Waals surface area contributed by atoms with E-state index >= 15 is 0 Å². The van der Waals surface area contributed by atoms with Crippen LogP contribution in [0.2, 0.25) is 5.02 Å². The number of thioether (sulfide) groups is 1. The molecular formula is C14H20ClNO3S2. The number of hydrogen-bond donors (Lipinski definition) is 1. The van der Waals surface area contributed by atoms with Gasteiger partial charge in [-0.2, -0.15) is 11.8 Å². The van der Waals surface area contributed by atoms with Gasteiger partial charge in [-0.25, -0.2) is 8.42 Å². The fourth-order valence-corrected chi connectivity index (χ4v) is 5.64. The molecule has 0 amide bonds. The molecule has 0 aromatic heterocycles. The monoisotopic (exact) mass is 349 g/mol. The Kier molecular flexibility index (Phi) is 5.46. The number of aliphatic hydroxyl groups excluding tert-OH is 1. The van der Waals surface area contributed by atoms with Crippen molar-refractivity contribution in [2.75, 3.05) is 28.7 Å². The van der Waals surface area contributed by atoms with Crippen LogP contribution in [0.3, 0.4) is 0 Å². The van der Waals surface area contributed by atoms with Crippen LogP contribution in [0.25, 0.3) is 0 Å². The van der Waals surface area contributed by atoms with Crippen molar-refractivity contribution < 1.29 is 13.5 Å². The first-order valence-electron chi connectivity index (χ1n) is 6.90. The third-order valence-corrected chi connectivity index (χ3v) is 7.26. The molecule has 4 nitrogen and oxygen atoms in total. The molecule has 1 heterocycles. The van der Waals surface area contributed by atoms with Gasteiger partial charge in [0.05, 0.1) is 16.8 Å². The molecule has 118 valence electrons. The van der Waals surface area contributed by atoms with Gasteiger partial charge in [0.15, 0.2) is 9.84 Å². The Balaban J connectivity index is 2.38. The van der Waals surface area contributed by atoms with Gasteiger partial charge in [0.2, 0.25) is 0 Å². The molecule has 0 spiro atoms. The minimum atomic E-state index is -3.16. The first kappa shape index (κ1) is 16.9. The molecule has 1 aliphatic heterocycles. The van der Waals surface area contributed by atoms with Gasteiger partial charge in [0.1, 0.15) is 5.37 Å². The van der Waals surface area contributed by atoms with Crippen molar-refractivity contribution >= 4 is 38.9 Å². The Morgan fingerprint density at radius 2 is 2.24 bits per heavy atom. The van der Waals surface area contributed by atoms with E-state index in [1.54, 1.807) is 43.8 Å². The number of hydrogen-bond acceptors (Lipinski definition) is 5. The highest BCUT2D eigenvalue weighted by Crippen LogP contribution is 2.34.